The van der Waals surface area contributed by atoms with Gasteiger partial charge in [-0.15, -0.1) is 11.3 Å². The van der Waals surface area contributed by atoms with Gasteiger partial charge in [0.2, 0.25) is 0 Å². The van der Waals surface area contributed by atoms with E-state index in [0.717, 1.165) is 3.79 Å². The van der Waals surface area contributed by atoms with Gasteiger partial charge in [-0.3, -0.25) is 4.79 Å². The molecule has 18 heavy (non-hydrogen) atoms. The molecular weight excluding hydrogens is 386 g/mol. The Hall–Kier alpha value is -0.400. The zero-order chi connectivity index (χ0) is 14.1. The monoisotopic (exact) mass is 397 g/mol. The fourth-order valence-electron chi connectivity index (χ4n) is 1.35. The van der Waals surface area contributed by atoms with Crippen molar-refractivity contribution >= 4 is 55.1 Å². The van der Waals surface area contributed by atoms with Crippen LogP contribution in [0.25, 0.3) is 0 Å². The summed E-state index contributed by atoms with van der Waals surface area (Å²) in [5, 5.41) is 11.7. The molecule has 0 fully saturated rings. The lowest BCUT2D eigenvalue weighted by Gasteiger charge is -2.27. The summed E-state index contributed by atoms with van der Waals surface area (Å²) in [5.74, 6) is -1.44. The molecule has 1 aromatic rings. The molecule has 0 aromatic carbocycles. The van der Waals surface area contributed by atoms with E-state index in [9.17, 15) is 9.59 Å². The molecule has 0 aliphatic rings. The Balaban J connectivity index is 2.93. The molecule has 100 valence electrons. The molecule has 0 aliphatic heterocycles. The highest BCUT2D eigenvalue weighted by molar-refractivity contribution is 9.12. The first-order valence-corrected chi connectivity index (χ1v) is 7.51. The first-order chi connectivity index (χ1) is 8.12. The smallest absolute Gasteiger partial charge is 0.326 e. The van der Waals surface area contributed by atoms with Crippen LogP contribution in [-0.2, 0) is 4.79 Å². The lowest BCUT2D eigenvalue weighted by atomic mass is 9.86. The fraction of sp³-hybridized carbons (Fsp3) is 0.455. The minimum absolute atomic E-state index is 0.397. The molecule has 0 unspecified atom stereocenters. The maximum Gasteiger partial charge on any atom is 0.326 e. The van der Waals surface area contributed by atoms with Crippen LogP contribution in [0.2, 0.25) is 0 Å². The van der Waals surface area contributed by atoms with Crippen molar-refractivity contribution in [2.45, 2.75) is 26.8 Å². The van der Waals surface area contributed by atoms with Crippen molar-refractivity contribution in [1.82, 2.24) is 5.32 Å². The van der Waals surface area contributed by atoms with E-state index < -0.39 is 23.3 Å². The Kier molecular flexibility index (Phi) is 4.97. The second-order valence-corrected chi connectivity index (χ2v) is 8.60. The normalized spacial score (nSPS) is 13.2. The van der Waals surface area contributed by atoms with Crippen LogP contribution in [0, 0.1) is 5.41 Å². The third-order valence-corrected chi connectivity index (χ3v) is 4.63. The van der Waals surface area contributed by atoms with E-state index in [0.29, 0.717) is 9.35 Å². The van der Waals surface area contributed by atoms with Crippen LogP contribution in [0.3, 0.4) is 0 Å². The molecule has 1 heterocycles. The molecule has 2 N–H and O–H groups in total. The molecule has 7 heteroatoms. The molecule has 4 nitrogen and oxygen atoms in total. The van der Waals surface area contributed by atoms with Crippen molar-refractivity contribution in [2.75, 3.05) is 0 Å². The number of amides is 1. The van der Waals surface area contributed by atoms with Crippen molar-refractivity contribution in [2.24, 2.45) is 5.41 Å². The van der Waals surface area contributed by atoms with Crippen molar-refractivity contribution in [3.05, 3.63) is 19.2 Å². The number of carbonyl (C=O) groups excluding carboxylic acids is 1. The van der Waals surface area contributed by atoms with Gasteiger partial charge in [-0.05, 0) is 43.3 Å². The van der Waals surface area contributed by atoms with Gasteiger partial charge in [0.05, 0.1) is 13.1 Å². The Morgan fingerprint density at radius 2 is 1.94 bits per heavy atom. The predicted molar refractivity (Wildman–Crippen MR) is 78.1 cm³/mol. The van der Waals surface area contributed by atoms with Crippen LogP contribution < -0.4 is 5.32 Å². The quantitative estimate of drug-likeness (QED) is 0.818. The van der Waals surface area contributed by atoms with E-state index in [-0.39, 0.29) is 0 Å². The van der Waals surface area contributed by atoms with Gasteiger partial charge < -0.3 is 10.4 Å². The number of carboxylic acids is 1. The lowest BCUT2D eigenvalue weighted by molar-refractivity contribution is -0.142. The number of hydrogen-bond acceptors (Lipinski definition) is 3. The van der Waals surface area contributed by atoms with Gasteiger partial charge in [-0.2, -0.15) is 0 Å². The number of thiophene rings is 1. The Morgan fingerprint density at radius 3 is 2.28 bits per heavy atom. The van der Waals surface area contributed by atoms with E-state index in [2.05, 4.69) is 37.2 Å². The summed E-state index contributed by atoms with van der Waals surface area (Å²) in [6, 6.07) is 0.724. The summed E-state index contributed by atoms with van der Waals surface area (Å²) < 4.78 is 1.48. The van der Waals surface area contributed by atoms with Gasteiger partial charge in [0.25, 0.3) is 5.91 Å². The first-order valence-electron chi connectivity index (χ1n) is 5.11. The molecule has 1 atom stereocenters. The van der Waals surface area contributed by atoms with E-state index in [1.165, 1.54) is 11.3 Å². The summed E-state index contributed by atoms with van der Waals surface area (Å²) in [6.07, 6.45) is 0. The summed E-state index contributed by atoms with van der Waals surface area (Å²) in [6.45, 7) is 5.31. The molecule has 0 radical (unpaired) electrons. The maximum atomic E-state index is 12.0. The van der Waals surface area contributed by atoms with Crippen molar-refractivity contribution in [3.63, 3.8) is 0 Å². The lowest BCUT2D eigenvalue weighted by Crippen LogP contribution is -2.49. The maximum absolute atomic E-state index is 12.0. The number of rotatable bonds is 3. The van der Waals surface area contributed by atoms with Crippen LogP contribution in [0.4, 0.5) is 0 Å². The zero-order valence-electron chi connectivity index (χ0n) is 10.1. The van der Waals surface area contributed by atoms with Gasteiger partial charge in [0.15, 0.2) is 0 Å². The zero-order valence-corrected chi connectivity index (χ0v) is 14.1. The highest BCUT2D eigenvalue weighted by Crippen LogP contribution is 2.32. The molecule has 0 saturated carbocycles. The van der Waals surface area contributed by atoms with Crippen molar-refractivity contribution < 1.29 is 14.7 Å². The SMILES string of the molecule is CC(C)(C)[C@H](NC(=O)c1cc(Br)sc1Br)C(=O)O. The minimum atomic E-state index is -1.04. The summed E-state index contributed by atoms with van der Waals surface area (Å²) in [7, 11) is 0. The fourth-order valence-corrected chi connectivity index (χ4v) is 4.15. The molecule has 0 spiro atoms. The van der Waals surface area contributed by atoms with Gasteiger partial charge >= 0.3 is 5.97 Å². The van der Waals surface area contributed by atoms with Crippen LogP contribution in [0.5, 0.6) is 0 Å². The molecule has 1 aromatic heterocycles. The number of halogens is 2. The average Bonchev–Trinajstić information content (AvgIpc) is 2.51. The highest BCUT2D eigenvalue weighted by Gasteiger charge is 2.33. The van der Waals surface area contributed by atoms with Crippen LogP contribution in [-0.4, -0.2) is 23.0 Å². The number of aliphatic carboxylic acids is 1. The molecular formula is C11H13Br2NO3S. The minimum Gasteiger partial charge on any atom is -0.480 e. The van der Waals surface area contributed by atoms with Crippen LogP contribution in [0.15, 0.2) is 13.6 Å². The molecule has 0 aliphatic carbocycles. The Bertz CT molecular complexity index is 479. The summed E-state index contributed by atoms with van der Waals surface area (Å²) in [5.41, 5.74) is -0.122. The first kappa shape index (κ1) is 15.7. The third kappa shape index (κ3) is 3.80. The average molecular weight is 399 g/mol. The predicted octanol–water partition coefficient (Wildman–Crippen LogP) is 3.50. The summed E-state index contributed by atoms with van der Waals surface area (Å²) in [4.78, 5) is 23.2. The second kappa shape index (κ2) is 5.71. The molecule has 0 bridgehead atoms. The van der Waals surface area contributed by atoms with E-state index >= 15 is 0 Å². The van der Waals surface area contributed by atoms with Gasteiger partial charge in [-0.25, -0.2) is 4.79 Å². The van der Waals surface area contributed by atoms with Gasteiger partial charge in [0.1, 0.15) is 6.04 Å². The summed E-state index contributed by atoms with van der Waals surface area (Å²) >= 11 is 7.92. The number of carbonyl (C=O) groups is 2. The van der Waals surface area contributed by atoms with Gasteiger partial charge in [-0.1, -0.05) is 20.8 Å². The largest absolute Gasteiger partial charge is 0.480 e. The van der Waals surface area contributed by atoms with Crippen molar-refractivity contribution in [3.8, 4) is 0 Å². The highest BCUT2D eigenvalue weighted by atomic mass is 79.9. The number of hydrogen-bond donors (Lipinski definition) is 2. The Labute approximate surface area is 126 Å². The van der Waals surface area contributed by atoms with E-state index in [4.69, 9.17) is 5.11 Å². The van der Waals surface area contributed by atoms with E-state index in [1.54, 1.807) is 26.8 Å². The third-order valence-electron chi connectivity index (χ3n) is 2.29. The number of nitrogens with one attached hydrogen (secondary N) is 1. The Morgan fingerprint density at radius 1 is 1.39 bits per heavy atom. The van der Waals surface area contributed by atoms with Crippen LogP contribution >= 0.6 is 43.2 Å². The number of carboxylic acid groups (broad SMARTS) is 1. The standard InChI is InChI=1S/C11H13Br2NO3S/c1-11(2,3)7(10(16)17)14-9(15)5-4-6(12)18-8(5)13/h4,7H,1-3H3,(H,14,15)(H,16,17)/t7-/m1/s1. The molecule has 0 saturated heterocycles. The molecule has 1 amide bonds. The molecule has 1 rings (SSSR count). The van der Waals surface area contributed by atoms with Crippen molar-refractivity contribution in [1.29, 1.82) is 0 Å². The second-order valence-electron chi connectivity index (χ2n) is 4.85. The van der Waals surface area contributed by atoms with Crippen LogP contribution in [0.1, 0.15) is 31.1 Å². The van der Waals surface area contributed by atoms with E-state index in [1.807, 2.05) is 0 Å². The topological polar surface area (TPSA) is 66.4 Å². The van der Waals surface area contributed by atoms with Gasteiger partial charge in [0, 0.05) is 0 Å².